The van der Waals surface area contributed by atoms with E-state index in [2.05, 4.69) is 6.92 Å². The van der Waals surface area contributed by atoms with Crippen LogP contribution in [0.25, 0.3) is 0 Å². The lowest BCUT2D eigenvalue weighted by Gasteiger charge is -2.29. The number of ether oxygens (including phenoxy) is 1. The maximum atomic E-state index is 11.3. The Kier molecular flexibility index (Phi) is 4.35. The minimum absolute atomic E-state index is 0.00569. The molecule has 1 aliphatic rings. The summed E-state index contributed by atoms with van der Waals surface area (Å²) in [6.45, 7) is 1.74. The molecule has 0 heterocycles. The van der Waals surface area contributed by atoms with Crippen LogP contribution in [0.4, 0.5) is 0 Å². The summed E-state index contributed by atoms with van der Waals surface area (Å²) in [6.07, 6.45) is 4.34. The number of hydrogen-bond donors (Lipinski definition) is 2. The quantitative estimate of drug-likeness (QED) is 0.649. The first-order valence-electron chi connectivity index (χ1n) is 5.22. The van der Waals surface area contributed by atoms with E-state index in [4.69, 9.17) is 15.6 Å². The van der Waals surface area contributed by atoms with E-state index in [1.54, 1.807) is 0 Å². The zero-order chi connectivity index (χ0) is 10.6. The highest BCUT2D eigenvalue weighted by Crippen LogP contribution is 2.26. The number of esters is 1. The first-order chi connectivity index (χ1) is 6.65. The summed E-state index contributed by atoms with van der Waals surface area (Å²) >= 11 is 0. The van der Waals surface area contributed by atoms with Crippen LogP contribution in [0, 0.1) is 5.92 Å². The molecule has 82 valence electrons. The van der Waals surface area contributed by atoms with E-state index in [0.717, 1.165) is 19.3 Å². The number of carbonyl (C=O) groups is 1. The van der Waals surface area contributed by atoms with Crippen molar-refractivity contribution in [1.82, 2.24) is 0 Å². The molecule has 1 rings (SSSR count). The average molecular weight is 201 g/mol. The van der Waals surface area contributed by atoms with Crippen molar-refractivity contribution in [2.75, 3.05) is 6.61 Å². The normalized spacial score (nSPS) is 29.6. The van der Waals surface area contributed by atoms with Gasteiger partial charge in [0.1, 0.15) is 12.1 Å². The number of aliphatic hydroxyl groups is 1. The Morgan fingerprint density at radius 1 is 1.57 bits per heavy atom. The number of aliphatic hydroxyl groups excluding tert-OH is 1. The van der Waals surface area contributed by atoms with E-state index in [1.807, 2.05) is 0 Å². The lowest BCUT2D eigenvalue weighted by Crippen LogP contribution is -2.39. The molecule has 1 saturated carbocycles. The highest BCUT2D eigenvalue weighted by Gasteiger charge is 2.26. The van der Waals surface area contributed by atoms with E-state index in [0.29, 0.717) is 5.92 Å². The molecular formula is C10H19NO3. The van der Waals surface area contributed by atoms with E-state index in [-0.39, 0.29) is 12.7 Å². The molecule has 3 N–H and O–H groups in total. The lowest BCUT2D eigenvalue weighted by molar-refractivity contribution is -0.155. The third kappa shape index (κ3) is 2.96. The van der Waals surface area contributed by atoms with Gasteiger partial charge in [-0.05, 0) is 25.2 Å². The van der Waals surface area contributed by atoms with Crippen LogP contribution in [-0.4, -0.2) is 29.8 Å². The molecule has 0 spiro atoms. The van der Waals surface area contributed by atoms with Gasteiger partial charge in [-0.3, -0.25) is 4.79 Å². The van der Waals surface area contributed by atoms with Gasteiger partial charge < -0.3 is 15.6 Å². The van der Waals surface area contributed by atoms with Gasteiger partial charge in [0.05, 0.1) is 6.61 Å². The first-order valence-corrected chi connectivity index (χ1v) is 5.22. The maximum absolute atomic E-state index is 11.3. The topological polar surface area (TPSA) is 72.5 Å². The van der Waals surface area contributed by atoms with Gasteiger partial charge in [0.2, 0.25) is 0 Å². The van der Waals surface area contributed by atoms with Gasteiger partial charge in [-0.15, -0.1) is 0 Å². The van der Waals surface area contributed by atoms with Gasteiger partial charge in [0.25, 0.3) is 0 Å². The van der Waals surface area contributed by atoms with Crippen molar-refractivity contribution in [3.8, 4) is 0 Å². The molecule has 0 aromatic heterocycles. The van der Waals surface area contributed by atoms with Gasteiger partial charge >= 0.3 is 5.97 Å². The molecule has 0 amide bonds. The molecule has 0 radical (unpaired) electrons. The van der Waals surface area contributed by atoms with Crippen molar-refractivity contribution >= 4 is 5.97 Å². The molecule has 4 nitrogen and oxygen atoms in total. The Hall–Kier alpha value is -0.610. The molecule has 1 fully saturated rings. The molecule has 0 bridgehead atoms. The SMILES string of the molecule is CC1CCCCC1OC(=O)C(N)CO. The van der Waals surface area contributed by atoms with Crippen LogP contribution in [0.3, 0.4) is 0 Å². The zero-order valence-electron chi connectivity index (χ0n) is 8.61. The van der Waals surface area contributed by atoms with Crippen molar-refractivity contribution < 1.29 is 14.6 Å². The van der Waals surface area contributed by atoms with Crippen LogP contribution in [0.2, 0.25) is 0 Å². The molecule has 0 aromatic rings. The standard InChI is InChI=1S/C10H19NO3/c1-7-4-2-3-5-9(7)14-10(13)8(11)6-12/h7-9,12H,2-6,11H2,1H3. The molecule has 3 unspecified atom stereocenters. The van der Waals surface area contributed by atoms with E-state index < -0.39 is 12.0 Å². The van der Waals surface area contributed by atoms with E-state index in [9.17, 15) is 4.79 Å². The average Bonchev–Trinajstić information content (AvgIpc) is 2.20. The van der Waals surface area contributed by atoms with Gasteiger partial charge in [-0.2, -0.15) is 0 Å². The predicted molar refractivity (Wildman–Crippen MR) is 52.6 cm³/mol. The van der Waals surface area contributed by atoms with Crippen molar-refractivity contribution in [3.63, 3.8) is 0 Å². The Morgan fingerprint density at radius 2 is 2.21 bits per heavy atom. The van der Waals surface area contributed by atoms with Crippen molar-refractivity contribution in [3.05, 3.63) is 0 Å². The molecule has 4 heteroatoms. The second kappa shape index (κ2) is 5.32. The summed E-state index contributed by atoms with van der Waals surface area (Å²) in [4.78, 5) is 11.3. The highest BCUT2D eigenvalue weighted by molar-refractivity contribution is 5.75. The Labute approximate surface area is 84.4 Å². The molecule has 0 aliphatic heterocycles. The molecule has 1 aliphatic carbocycles. The van der Waals surface area contributed by atoms with Crippen LogP contribution in [-0.2, 0) is 9.53 Å². The second-order valence-electron chi connectivity index (χ2n) is 4.03. The summed E-state index contributed by atoms with van der Waals surface area (Å²) in [5, 5.41) is 8.67. The number of carbonyl (C=O) groups excluding carboxylic acids is 1. The van der Waals surface area contributed by atoms with Gasteiger partial charge in [-0.1, -0.05) is 13.3 Å². The summed E-state index contributed by atoms with van der Waals surface area (Å²) in [7, 11) is 0. The van der Waals surface area contributed by atoms with Crippen molar-refractivity contribution in [2.24, 2.45) is 11.7 Å². The van der Waals surface area contributed by atoms with Crippen molar-refractivity contribution in [1.29, 1.82) is 0 Å². The summed E-state index contributed by atoms with van der Waals surface area (Å²) in [5.74, 6) is -0.0650. The number of hydrogen-bond acceptors (Lipinski definition) is 4. The third-order valence-corrected chi connectivity index (χ3v) is 2.80. The van der Waals surface area contributed by atoms with Crippen LogP contribution >= 0.6 is 0 Å². The zero-order valence-corrected chi connectivity index (χ0v) is 8.61. The predicted octanol–water partition coefficient (Wildman–Crippen LogP) is 0.428. The van der Waals surface area contributed by atoms with Crippen LogP contribution in [0.15, 0.2) is 0 Å². The molecule has 0 aromatic carbocycles. The lowest BCUT2D eigenvalue weighted by atomic mass is 9.88. The maximum Gasteiger partial charge on any atom is 0.325 e. The molecule has 3 atom stereocenters. The second-order valence-corrected chi connectivity index (χ2v) is 4.03. The van der Waals surface area contributed by atoms with E-state index >= 15 is 0 Å². The van der Waals surface area contributed by atoms with E-state index in [1.165, 1.54) is 6.42 Å². The van der Waals surface area contributed by atoms with Crippen molar-refractivity contribution in [2.45, 2.75) is 44.8 Å². The number of nitrogens with two attached hydrogens (primary N) is 1. The van der Waals surface area contributed by atoms with Gasteiger partial charge in [-0.25, -0.2) is 0 Å². The minimum atomic E-state index is -0.885. The fourth-order valence-corrected chi connectivity index (χ4v) is 1.77. The Bertz CT molecular complexity index is 196. The first kappa shape index (κ1) is 11.5. The largest absolute Gasteiger partial charge is 0.461 e. The number of rotatable bonds is 3. The third-order valence-electron chi connectivity index (χ3n) is 2.80. The Morgan fingerprint density at radius 3 is 2.79 bits per heavy atom. The molecule has 0 saturated heterocycles. The van der Waals surface area contributed by atoms with Crippen LogP contribution in [0.5, 0.6) is 0 Å². The van der Waals surface area contributed by atoms with Gasteiger partial charge in [0.15, 0.2) is 0 Å². The summed E-state index contributed by atoms with van der Waals surface area (Å²) in [6, 6.07) is -0.885. The Balaban J connectivity index is 2.38. The minimum Gasteiger partial charge on any atom is -0.461 e. The van der Waals surface area contributed by atoms with Crippen LogP contribution < -0.4 is 5.73 Å². The fourth-order valence-electron chi connectivity index (χ4n) is 1.77. The summed E-state index contributed by atoms with van der Waals surface area (Å²) in [5.41, 5.74) is 5.35. The smallest absolute Gasteiger partial charge is 0.325 e. The van der Waals surface area contributed by atoms with Crippen LogP contribution in [0.1, 0.15) is 32.6 Å². The summed E-state index contributed by atoms with van der Waals surface area (Å²) < 4.78 is 5.23. The van der Waals surface area contributed by atoms with Gasteiger partial charge in [0, 0.05) is 0 Å². The monoisotopic (exact) mass is 201 g/mol. The molecule has 14 heavy (non-hydrogen) atoms. The molecular weight excluding hydrogens is 182 g/mol. The highest BCUT2D eigenvalue weighted by atomic mass is 16.5. The fraction of sp³-hybridized carbons (Fsp3) is 0.900.